The van der Waals surface area contributed by atoms with E-state index in [0.29, 0.717) is 22.0 Å². The van der Waals surface area contributed by atoms with Crippen LogP contribution >= 0.6 is 15.9 Å². The summed E-state index contributed by atoms with van der Waals surface area (Å²) in [5.74, 6) is 1.38. The number of rotatable bonds is 4. The molecule has 1 heterocycles. The van der Waals surface area contributed by atoms with Gasteiger partial charge >= 0.3 is 0 Å². The maximum Gasteiger partial charge on any atom is 0.291 e. The molecule has 5 nitrogen and oxygen atoms in total. The minimum Gasteiger partial charge on any atom is -0.366 e. The van der Waals surface area contributed by atoms with Gasteiger partial charge in [-0.2, -0.15) is 0 Å². The Morgan fingerprint density at radius 1 is 1.50 bits per heavy atom. The number of hydrogen-bond acceptors (Lipinski definition) is 4. The molecule has 2 rings (SSSR count). The maximum absolute atomic E-state index is 10.9. The number of nitrogens with one attached hydrogen (secondary N) is 1. The molecule has 0 aromatic carbocycles. The highest BCUT2D eigenvalue weighted by Crippen LogP contribution is 2.34. The molecule has 0 amide bonds. The Bertz CT molecular complexity index is 507. The van der Waals surface area contributed by atoms with Crippen molar-refractivity contribution in [1.29, 1.82) is 0 Å². The van der Waals surface area contributed by atoms with Crippen molar-refractivity contribution in [1.82, 2.24) is 4.98 Å². The molecule has 0 bridgehead atoms. The molecular weight excluding hydrogens is 322 g/mol. The smallest absolute Gasteiger partial charge is 0.291 e. The summed E-state index contributed by atoms with van der Waals surface area (Å²) in [5.41, 5.74) is 0.675. The lowest BCUT2D eigenvalue weighted by molar-refractivity contribution is -0.385. The molecule has 0 radical (unpaired) electrons. The third-order valence-electron chi connectivity index (χ3n) is 4.19. The molecule has 2 atom stereocenters. The third kappa shape index (κ3) is 3.11. The highest BCUT2D eigenvalue weighted by molar-refractivity contribution is 9.10. The number of anilines is 1. The van der Waals surface area contributed by atoms with Crippen LogP contribution in [0.25, 0.3) is 0 Å². The third-order valence-corrected chi connectivity index (χ3v) is 5.16. The van der Waals surface area contributed by atoms with E-state index in [1.165, 1.54) is 25.5 Å². The molecule has 110 valence electrons. The molecule has 1 N–H and O–H groups in total. The second-order valence-corrected chi connectivity index (χ2v) is 6.18. The summed E-state index contributed by atoms with van der Waals surface area (Å²) in [6, 6.07) is 0.415. The Morgan fingerprint density at radius 3 is 2.85 bits per heavy atom. The van der Waals surface area contributed by atoms with Gasteiger partial charge in [-0.15, -0.1) is 0 Å². The van der Waals surface area contributed by atoms with Gasteiger partial charge in [-0.3, -0.25) is 10.1 Å². The molecule has 1 saturated carbocycles. The molecule has 0 aliphatic heterocycles. The van der Waals surface area contributed by atoms with E-state index in [-0.39, 0.29) is 5.69 Å². The molecule has 1 aromatic rings. The van der Waals surface area contributed by atoms with E-state index in [1.54, 1.807) is 6.92 Å². The van der Waals surface area contributed by atoms with Gasteiger partial charge in [0, 0.05) is 11.6 Å². The van der Waals surface area contributed by atoms with Gasteiger partial charge in [0.05, 0.1) is 9.40 Å². The molecule has 1 aliphatic rings. The first-order valence-electron chi connectivity index (χ1n) is 7.10. The first-order valence-corrected chi connectivity index (χ1v) is 7.90. The van der Waals surface area contributed by atoms with Crippen molar-refractivity contribution in [2.24, 2.45) is 5.92 Å². The van der Waals surface area contributed by atoms with Crippen molar-refractivity contribution in [3.8, 4) is 0 Å². The topological polar surface area (TPSA) is 68.1 Å². The van der Waals surface area contributed by atoms with Crippen LogP contribution in [-0.4, -0.2) is 15.9 Å². The first kappa shape index (κ1) is 15.2. The number of aromatic nitrogens is 1. The normalized spacial score (nSPS) is 22.6. The van der Waals surface area contributed by atoms with Crippen molar-refractivity contribution in [2.75, 3.05) is 5.32 Å². The van der Waals surface area contributed by atoms with Crippen molar-refractivity contribution in [3.05, 3.63) is 26.3 Å². The Hall–Kier alpha value is -1.17. The van der Waals surface area contributed by atoms with Crippen molar-refractivity contribution < 1.29 is 4.92 Å². The van der Waals surface area contributed by atoms with Gasteiger partial charge in [0.1, 0.15) is 12.0 Å². The largest absolute Gasteiger partial charge is 0.366 e. The van der Waals surface area contributed by atoms with Crippen LogP contribution in [0.3, 0.4) is 0 Å². The number of nitro groups is 1. The summed E-state index contributed by atoms with van der Waals surface area (Å²) in [6.45, 7) is 3.96. The van der Waals surface area contributed by atoms with Gasteiger partial charge < -0.3 is 5.32 Å². The lowest BCUT2D eigenvalue weighted by atomic mass is 9.83. The molecule has 6 heteroatoms. The summed E-state index contributed by atoms with van der Waals surface area (Å²) in [7, 11) is 0. The minimum atomic E-state index is -0.396. The van der Waals surface area contributed by atoms with Crippen LogP contribution in [0.2, 0.25) is 0 Å². The van der Waals surface area contributed by atoms with Gasteiger partial charge in [0.2, 0.25) is 0 Å². The highest BCUT2D eigenvalue weighted by atomic mass is 79.9. The predicted molar refractivity (Wildman–Crippen MR) is 83.0 cm³/mol. The van der Waals surface area contributed by atoms with E-state index in [9.17, 15) is 10.1 Å². The fraction of sp³-hybridized carbons (Fsp3) is 0.643. The Labute approximate surface area is 127 Å². The monoisotopic (exact) mass is 341 g/mol. The number of hydrogen-bond donors (Lipinski definition) is 1. The Kier molecular flexibility index (Phi) is 4.96. The second-order valence-electron chi connectivity index (χ2n) is 5.39. The standard InChI is InChI=1S/C14H20BrN3O2/c1-3-10-6-4-5-7-11(10)17-14-13(15)9(2)12(8-16-14)18(19)20/h8,10-11H,3-7H2,1-2H3,(H,16,17). The fourth-order valence-corrected chi connectivity index (χ4v) is 3.34. The Morgan fingerprint density at radius 2 is 2.20 bits per heavy atom. The second kappa shape index (κ2) is 6.52. The van der Waals surface area contributed by atoms with Crippen molar-refractivity contribution >= 4 is 27.4 Å². The predicted octanol–water partition coefficient (Wildman–Crippen LogP) is 4.44. The van der Waals surface area contributed by atoms with Crippen LogP contribution < -0.4 is 5.32 Å². The molecule has 0 saturated heterocycles. The van der Waals surface area contributed by atoms with Gasteiger partial charge in [-0.05, 0) is 41.6 Å². The summed E-state index contributed by atoms with van der Waals surface area (Å²) in [4.78, 5) is 14.7. The van der Waals surface area contributed by atoms with Crippen LogP contribution in [-0.2, 0) is 0 Å². The summed E-state index contributed by atoms with van der Waals surface area (Å²) < 4.78 is 0.701. The minimum absolute atomic E-state index is 0.0538. The van der Waals surface area contributed by atoms with Crippen molar-refractivity contribution in [2.45, 2.75) is 52.0 Å². The molecule has 20 heavy (non-hydrogen) atoms. The van der Waals surface area contributed by atoms with Gasteiger partial charge in [0.25, 0.3) is 5.69 Å². The van der Waals surface area contributed by atoms with Gasteiger partial charge in [-0.25, -0.2) is 4.98 Å². The summed E-state index contributed by atoms with van der Waals surface area (Å²) in [5, 5.41) is 14.4. The van der Waals surface area contributed by atoms with Crippen LogP contribution in [0, 0.1) is 23.0 Å². The first-order chi connectivity index (χ1) is 9.54. The van der Waals surface area contributed by atoms with E-state index < -0.39 is 4.92 Å². The van der Waals surface area contributed by atoms with E-state index in [0.717, 1.165) is 18.7 Å². The zero-order chi connectivity index (χ0) is 14.7. The fourth-order valence-electron chi connectivity index (χ4n) is 2.92. The Balaban J connectivity index is 2.21. The SMILES string of the molecule is CCC1CCCCC1Nc1ncc([N+](=O)[O-])c(C)c1Br. The van der Waals surface area contributed by atoms with Crippen LogP contribution in [0.5, 0.6) is 0 Å². The van der Waals surface area contributed by atoms with E-state index in [1.807, 2.05) is 0 Å². The molecule has 1 aliphatic carbocycles. The number of halogens is 1. The molecule has 1 fully saturated rings. The van der Waals surface area contributed by atoms with Crippen LogP contribution in [0.15, 0.2) is 10.7 Å². The van der Waals surface area contributed by atoms with E-state index in [2.05, 4.69) is 33.2 Å². The van der Waals surface area contributed by atoms with Crippen LogP contribution in [0.4, 0.5) is 11.5 Å². The zero-order valence-electron chi connectivity index (χ0n) is 11.9. The van der Waals surface area contributed by atoms with Gasteiger partial charge in [0.15, 0.2) is 0 Å². The molecule has 1 aromatic heterocycles. The van der Waals surface area contributed by atoms with E-state index >= 15 is 0 Å². The van der Waals surface area contributed by atoms with Crippen molar-refractivity contribution in [3.63, 3.8) is 0 Å². The number of nitrogens with zero attached hydrogens (tertiary/aromatic N) is 2. The average molecular weight is 342 g/mol. The molecular formula is C14H20BrN3O2. The highest BCUT2D eigenvalue weighted by Gasteiger charge is 2.25. The summed E-state index contributed by atoms with van der Waals surface area (Å²) in [6.07, 6.45) is 7.41. The van der Waals surface area contributed by atoms with Gasteiger partial charge in [-0.1, -0.05) is 26.2 Å². The van der Waals surface area contributed by atoms with E-state index in [4.69, 9.17) is 0 Å². The zero-order valence-corrected chi connectivity index (χ0v) is 13.4. The number of pyridine rings is 1. The maximum atomic E-state index is 10.9. The molecule has 0 spiro atoms. The lowest BCUT2D eigenvalue weighted by Gasteiger charge is -2.32. The average Bonchev–Trinajstić information content (AvgIpc) is 2.44. The quantitative estimate of drug-likeness (QED) is 0.649. The molecule has 2 unspecified atom stereocenters. The lowest BCUT2D eigenvalue weighted by Crippen LogP contribution is -2.32. The van der Waals surface area contributed by atoms with Crippen LogP contribution in [0.1, 0.15) is 44.6 Å². The summed E-state index contributed by atoms with van der Waals surface area (Å²) >= 11 is 3.44.